The van der Waals surface area contributed by atoms with Crippen molar-refractivity contribution in [3.8, 4) is 0 Å². The molecule has 0 radical (unpaired) electrons. The Bertz CT molecular complexity index is 190. The summed E-state index contributed by atoms with van der Waals surface area (Å²) in [5.41, 5.74) is 0.461. The van der Waals surface area contributed by atoms with Crippen molar-refractivity contribution in [3.05, 3.63) is 0 Å². The molecule has 0 aliphatic heterocycles. The Labute approximate surface area is 108 Å². The quantitative estimate of drug-likeness (QED) is 0.688. The van der Waals surface area contributed by atoms with Crippen LogP contribution in [-0.4, -0.2) is 38.1 Å². The van der Waals surface area contributed by atoms with Gasteiger partial charge >= 0.3 is 0 Å². The molecule has 1 aliphatic rings. The van der Waals surface area contributed by atoms with Crippen molar-refractivity contribution < 1.29 is 0 Å². The lowest BCUT2D eigenvalue weighted by atomic mass is 9.92. The van der Waals surface area contributed by atoms with Crippen LogP contribution in [0.5, 0.6) is 0 Å². The topological polar surface area (TPSA) is 15.3 Å². The number of hydrogen-bond acceptors (Lipinski definition) is 2. The average molecular weight is 240 g/mol. The number of nitrogens with one attached hydrogen (secondary N) is 1. The third kappa shape index (κ3) is 7.77. The summed E-state index contributed by atoms with van der Waals surface area (Å²) < 4.78 is 0. The second-order valence-electron chi connectivity index (χ2n) is 6.97. The molecular formula is C15H32N2. The molecule has 1 fully saturated rings. The van der Waals surface area contributed by atoms with E-state index in [2.05, 4.69) is 38.0 Å². The standard InChI is InChI=1S/C15H32N2/c1-15(2,3)9-10-16-11-12-17(4)13-14-7-5-6-8-14/h14,16H,5-13H2,1-4H3. The molecule has 0 heterocycles. The Morgan fingerprint density at radius 3 is 2.35 bits per heavy atom. The minimum absolute atomic E-state index is 0.461. The number of hydrogen-bond donors (Lipinski definition) is 1. The van der Waals surface area contributed by atoms with E-state index in [0.29, 0.717) is 5.41 Å². The zero-order valence-electron chi connectivity index (χ0n) is 12.4. The molecule has 0 amide bonds. The van der Waals surface area contributed by atoms with Gasteiger partial charge in [-0.1, -0.05) is 33.6 Å². The monoisotopic (exact) mass is 240 g/mol. The van der Waals surface area contributed by atoms with Gasteiger partial charge in [-0.3, -0.25) is 0 Å². The van der Waals surface area contributed by atoms with Crippen LogP contribution < -0.4 is 5.32 Å². The maximum Gasteiger partial charge on any atom is 0.0104 e. The SMILES string of the molecule is CN(CCNCCC(C)(C)C)CC1CCCC1. The Morgan fingerprint density at radius 1 is 1.12 bits per heavy atom. The van der Waals surface area contributed by atoms with E-state index in [4.69, 9.17) is 0 Å². The minimum Gasteiger partial charge on any atom is -0.315 e. The van der Waals surface area contributed by atoms with E-state index in [1.165, 1.54) is 45.2 Å². The second kappa shape index (κ2) is 7.38. The van der Waals surface area contributed by atoms with E-state index in [9.17, 15) is 0 Å². The number of likely N-dealkylation sites (N-methyl/N-ethyl adjacent to an activating group) is 1. The molecule has 0 unspecified atom stereocenters. The lowest BCUT2D eigenvalue weighted by Crippen LogP contribution is -2.33. The van der Waals surface area contributed by atoms with E-state index < -0.39 is 0 Å². The molecule has 2 nitrogen and oxygen atoms in total. The van der Waals surface area contributed by atoms with Gasteiger partial charge in [-0.25, -0.2) is 0 Å². The Morgan fingerprint density at radius 2 is 1.76 bits per heavy atom. The third-order valence-corrected chi connectivity index (χ3v) is 3.77. The predicted molar refractivity (Wildman–Crippen MR) is 76.4 cm³/mol. The van der Waals surface area contributed by atoms with Crippen LogP contribution in [-0.2, 0) is 0 Å². The minimum atomic E-state index is 0.461. The molecule has 0 aromatic carbocycles. The van der Waals surface area contributed by atoms with Gasteiger partial charge in [-0.2, -0.15) is 0 Å². The third-order valence-electron chi connectivity index (χ3n) is 3.77. The summed E-state index contributed by atoms with van der Waals surface area (Å²) in [6.45, 7) is 11.7. The Kier molecular flexibility index (Phi) is 6.50. The molecule has 0 atom stereocenters. The molecule has 0 aromatic heterocycles. The fourth-order valence-electron chi connectivity index (χ4n) is 2.58. The van der Waals surface area contributed by atoms with E-state index in [-0.39, 0.29) is 0 Å². The molecule has 0 bridgehead atoms. The van der Waals surface area contributed by atoms with Crippen molar-refractivity contribution in [2.45, 2.75) is 52.9 Å². The van der Waals surface area contributed by atoms with Crippen molar-refractivity contribution in [3.63, 3.8) is 0 Å². The van der Waals surface area contributed by atoms with Gasteiger partial charge in [-0.15, -0.1) is 0 Å². The van der Waals surface area contributed by atoms with Crippen LogP contribution >= 0.6 is 0 Å². The van der Waals surface area contributed by atoms with Crippen LogP contribution in [0.3, 0.4) is 0 Å². The Hall–Kier alpha value is -0.0800. The zero-order chi connectivity index (χ0) is 12.7. The van der Waals surface area contributed by atoms with E-state index in [0.717, 1.165) is 19.0 Å². The normalized spacial score (nSPS) is 18.2. The molecule has 2 heteroatoms. The molecule has 0 saturated heterocycles. The van der Waals surface area contributed by atoms with Crippen molar-refractivity contribution >= 4 is 0 Å². The van der Waals surface area contributed by atoms with Gasteiger partial charge in [0.25, 0.3) is 0 Å². The summed E-state index contributed by atoms with van der Waals surface area (Å²) >= 11 is 0. The smallest absolute Gasteiger partial charge is 0.0104 e. The summed E-state index contributed by atoms with van der Waals surface area (Å²) in [5, 5.41) is 3.56. The molecule has 17 heavy (non-hydrogen) atoms. The van der Waals surface area contributed by atoms with Crippen molar-refractivity contribution in [2.75, 3.05) is 33.2 Å². The van der Waals surface area contributed by atoms with Crippen molar-refractivity contribution in [1.29, 1.82) is 0 Å². The Balaban J connectivity index is 1.94. The van der Waals surface area contributed by atoms with Crippen molar-refractivity contribution in [2.24, 2.45) is 11.3 Å². The van der Waals surface area contributed by atoms with Crippen LogP contribution in [0.25, 0.3) is 0 Å². The highest BCUT2D eigenvalue weighted by molar-refractivity contribution is 4.71. The first-order valence-electron chi connectivity index (χ1n) is 7.37. The summed E-state index contributed by atoms with van der Waals surface area (Å²) in [4.78, 5) is 2.50. The average Bonchev–Trinajstić information content (AvgIpc) is 2.68. The van der Waals surface area contributed by atoms with Crippen LogP contribution in [0.2, 0.25) is 0 Å². The molecule has 0 aromatic rings. The highest BCUT2D eigenvalue weighted by atomic mass is 15.1. The van der Waals surface area contributed by atoms with Gasteiger partial charge in [0.05, 0.1) is 0 Å². The van der Waals surface area contributed by atoms with Crippen molar-refractivity contribution in [1.82, 2.24) is 10.2 Å². The lowest BCUT2D eigenvalue weighted by Gasteiger charge is -2.22. The van der Waals surface area contributed by atoms with E-state index in [1.807, 2.05) is 0 Å². The summed E-state index contributed by atoms with van der Waals surface area (Å²) in [6.07, 6.45) is 7.10. The lowest BCUT2D eigenvalue weighted by molar-refractivity contribution is 0.274. The van der Waals surface area contributed by atoms with Gasteiger partial charge in [-0.05, 0) is 44.2 Å². The zero-order valence-corrected chi connectivity index (χ0v) is 12.4. The fraction of sp³-hybridized carbons (Fsp3) is 1.00. The van der Waals surface area contributed by atoms with E-state index >= 15 is 0 Å². The predicted octanol–water partition coefficient (Wildman–Crippen LogP) is 3.13. The molecule has 1 rings (SSSR count). The summed E-state index contributed by atoms with van der Waals surface area (Å²) in [6, 6.07) is 0. The second-order valence-corrected chi connectivity index (χ2v) is 6.97. The first kappa shape index (κ1) is 15.0. The van der Waals surface area contributed by atoms with Gasteiger partial charge < -0.3 is 10.2 Å². The summed E-state index contributed by atoms with van der Waals surface area (Å²) in [7, 11) is 2.27. The van der Waals surface area contributed by atoms with Crippen LogP contribution in [0, 0.1) is 11.3 Å². The van der Waals surface area contributed by atoms with Crippen LogP contribution in [0.1, 0.15) is 52.9 Å². The largest absolute Gasteiger partial charge is 0.315 e. The molecule has 102 valence electrons. The fourth-order valence-corrected chi connectivity index (χ4v) is 2.58. The van der Waals surface area contributed by atoms with Gasteiger partial charge in [0.1, 0.15) is 0 Å². The van der Waals surface area contributed by atoms with Crippen LogP contribution in [0.4, 0.5) is 0 Å². The van der Waals surface area contributed by atoms with E-state index in [1.54, 1.807) is 0 Å². The molecule has 1 N–H and O–H groups in total. The first-order chi connectivity index (χ1) is 7.97. The van der Waals surface area contributed by atoms with Gasteiger partial charge in [0.15, 0.2) is 0 Å². The maximum absolute atomic E-state index is 3.56. The first-order valence-corrected chi connectivity index (χ1v) is 7.37. The highest BCUT2D eigenvalue weighted by Crippen LogP contribution is 2.24. The number of nitrogens with zero attached hydrogens (tertiary/aromatic N) is 1. The molecule has 0 spiro atoms. The highest BCUT2D eigenvalue weighted by Gasteiger charge is 2.16. The molecule has 1 aliphatic carbocycles. The van der Waals surface area contributed by atoms with Crippen LogP contribution in [0.15, 0.2) is 0 Å². The van der Waals surface area contributed by atoms with Gasteiger partial charge in [0.2, 0.25) is 0 Å². The molecular weight excluding hydrogens is 208 g/mol. The summed E-state index contributed by atoms with van der Waals surface area (Å²) in [5.74, 6) is 0.981. The maximum atomic E-state index is 3.56. The number of rotatable bonds is 7. The molecule has 1 saturated carbocycles. The van der Waals surface area contributed by atoms with Gasteiger partial charge in [0, 0.05) is 19.6 Å².